The molecule has 200 valence electrons. The van der Waals surface area contributed by atoms with Crippen molar-refractivity contribution in [2.75, 3.05) is 5.75 Å². The number of aromatic nitrogens is 2. The van der Waals surface area contributed by atoms with Gasteiger partial charge in [-0.15, -0.1) is 11.8 Å². The fourth-order valence-corrected chi connectivity index (χ4v) is 6.99. The van der Waals surface area contributed by atoms with Crippen LogP contribution < -0.4 is 4.74 Å². The van der Waals surface area contributed by atoms with E-state index in [-0.39, 0.29) is 5.56 Å². The maximum absolute atomic E-state index is 11.6. The molecular weight excluding hydrogens is 528 g/mol. The number of carboxylic acid groups (broad SMARTS) is 1. The standard InChI is InChI=1S/C32H31ClN2O3S/c33-24-12-15-27(30-8-4-5-17-39-30)23(18-24)20-38-26-13-9-21(10-14-26)31-34-28-19-22(32(36)37)11-16-29(28)35(31)25-6-2-1-3-7-25/h8-16,18-19,25H,1-7,17,20H2,(H,36,37). The molecule has 0 radical (unpaired) electrons. The van der Waals surface area contributed by atoms with E-state index in [1.54, 1.807) is 12.1 Å². The summed E-state index contributed by atoms with van der Waals surface area (Å²) in [5, 5.41) is 10.2. The van der Waals surface area contributed by atoms with E-state index in [9.17, 15) is 9.90 Å². The van der Waals surface area contributed by atoms with E-state index in [0.717, 1.165) is 58.7 Å². The van der Waals surface area contributed by atoms with Crippen molar-refractivity contribution in [1.82, 2.24) is 9.55 Å². The van der Waals surface area contributed by atoms with Gasteiger partial charge < -0.3 is 14.4 Å². The van der Waals surface area contributed by atoms with Gasteiger partial charge in [0.25, 0.3) is 0 Å². The number of halogens is 1. The van der Waals surface area contributed by atoms with E-state index in [2.05, 4.69) is 16.7 Å². The average Bonchev–Trinajstić information content (AvgIpc) is 3.36. The third-order valence-corrected chi connectivity index (χ3v) is 9.08. The van der Waals surface area contributed by atoms with Crippen LogP contribution in [0, 0.1) is 0 Å². The van der Waals surface area contributed by atoms with Crippen molar-refractivity contribution in [2.45, 2.75) is 57.6 Å². The zero-order valence-corrected chi connectivity index (χ0v) is 23.3. The van der Waals surface area contributed by atoms with Crippen LogP contribution in [0.1, 0.15) is 72.5 Å². The first-order chi connectivity index (χ1) is 19.1. The first kappa shape index (κ1) is 26.0. The molecule has 1 aromatic heterocycles. The minimum Gasteiger partial charge on any atom is -0.489 e. The molecule has 2 aliphatic rings. The number of benzene rings is 3. The first-order valence-electron chi connectivity index (χ1n) is 13.7. The predicted octanol–water partition coefficient (Wildman–Crippen LogP) is 9.01. The molecule has 1 aliphatic heterocycles. The number of carbonyl (C=O) groups is 1. The van der Waals surface area contributed by atoms with Crippen molar-refractivity contribution >= 4 is 45.3 Å². The maximum atomic E-state index is 11.6. The van der Waals surface area contributed by atoms with Crippen molar-refractivity contribution in [2.24, 2.45) is 0 Å². The second kappa shape index (κ2) is 11.5. The van der Waals surface area contributed by atoms with E-state index in [0.29, 0.717) is 17.7 Å². The quantitative estimate of drug-likeness (QED) is 0.245. The van der Waals surface area contributed by atoms with Gasteiger partial charge in [-0.25, -0.2) is 9.78 Å². The van der Waals surface area contributed by atoms with E-state index in [1.165, 1.54) is 36.2 Å². The van der Waals surface area contributed by atoms with Crippen molar-refractivity contribution in [3.05, 3.63) is 88.5 Å². The summed E-state index contributed by atoms with van der Waals surface area (Å²) >= 11 is 8.24. The van der Waals surface area contributed by atoms with Crippen molar-refractivity contribution < 1.29 is 14.6 Å². The smallest absolute Gasteiger partial charge is 0.335 e. The monoisotopic (exact) mass is 558 g/mol. The summed E-state index contributed by atoms with van der Waals surface area (Å²) in [4.78, 5) is 17.8. The van der Waals surface area contributed by atoms with Crippen molar-refractivity contribution in [3.8, 4) is 17.1 Å². The van der Waals surface area contributed by atoms with Crippen LogP contribution in [0.4, 0.5) is 0 Å². The number of thioether (sulfide) groups is 1. The van der Waals surface area contributed by atoms with E-state index in [4.69, 9.17) is 21.3 Å². The molecule has 1 N–H and O–H groups in total. The summed E-state index contributed by atoms with van der Waals surface area (Å²) in [5.41, 5.74) is 5.25. The van der Waals surface area contributed by atoms with Gasteiger partial charge in [0.05, 0.1) is 16.6 Å². The number of hydrogen-bond acceptors (Lipinski definition) is 4. The highest BCUT2D eigenvalue weighted by Crippen LogP contribution is 2.38. The molecule has 0 amide bonds. The molecule has 0 bridgehead atoms. The minimum absolute atomic E-state index is 0.258. The number of fused-ring (bicyclic) bond motifs is 1. The summed E-state index contributed by atoms with van der Waals surface area (Å²) in [5.74, 6) is 1.86. The molecule has 5 nitrogen and oxygen atoms in total. The van der Waals surface area contributed by atoms with Crippen LogP contribution >= 0.6 is 23.4 Å². The number of hydrogen-bond donors (Lipinski definition) is 1. The lowest BCUT2D eigenvalue weighted by atomic mass is 9.95. The molecule has 0 saturated heterocycles. The highest BCUT2D eigenvalue weighted by Gasteiger charge is 2.23. The molecule has 3 aromatic carbocycles. The molecule has 0 unspecified atom stereocenters. The molecule has 4 aromatic rings. The Morgan fingerprint density at radius 2 is 1.85 bits per heavy atom. The van der Waals surface area contributed by atoms with Crippen LogP contribution in [-0.4, -0.2) is 26.4 Å². The Balaban J connectivity index is 1.28. The van der Waals surface area contributed by atoms with Gasteiger partial charge in [-0.1, -0.05) is 43.0 Å². The van der Waals surface area contributed by atoms with Crippen molar-refractivity contribution in [1.29, 1.82) is 0 Å². The SMILES string of the molecule is O=C(O)c1ccc2c(c1)nc(-c1ccc(OCc3cc(Cl)ccc3C3=CCCCS3)cc1)n2C1CCCCC1. The predicted molar refractivity (Wildman–Crippen MR) is 160 cm³/mol. The van der Waals surface area contributed by atoms with Crippen LogP contribution in [0.3, 0.4) is 0 Å². The van der Waals surface area contributed by atoms with Crippen LogP contribution in [0.5, 0.6) is 5.75 Å². The number of aromatic carboxylic acids is 1. The minimum atomic E-state index is -0.937. The molecule has 7 heteroatoms. The lowest BCUT2D eigenvalue weighted by Gasteiger charge is -2.25. The maximum Gasteiger partial charge on any atom is 0.335 e. The molecule has 0 atom stereocenters. The zero-order valence-electron chi connectivity index (χ0n) is 21.7. The Morgan fingerprint density at radius 1 is 1.03 bits per heavy atom. The topological polar surface area (TPSA) is 64.3 Å². The average molecular weight is 559 g/mol. The highest BCUT2D eigenvalue weighted by molar-refractivity contribution is 8.08. The van der Waals surface area contributed by atoms with Crippen LogP contribution in [0.15, 0.2) is 66.7 Å². The number of nitrogens with zero attached hydrogens (tertiary/aromatic N) is 2. The summed E-state index contributed by atoms with van der Waals surface area (Å²) in [7, 11) is 0. The van der Waals surface area contributed by atoms with Gasteiger partial charge in [-0.05, 0) is 97.2 Å². The Bertz CT molecular complexity index is 1540. The number of allylic oxidation sites excluding steroid dienone is 1. The van der Waals surface area contributed by atoms with E-state index < -0.39 is 5.97 Å². The Labute approximate surface area is 237 Å². The van der Waals surface area contributed by atoms with Gasteiger partial charge in [0.15, 0.2) is 0 Å². The summed E-state index contributed by atoms with van der Waals surface area (Å²) in [6, 6.07) is 19.7. The second-order valence-corrected chi connectivity index (χ2v) is 11.9. The second-order valence-electron chi connectivity index (χ2n) is 10.3. The summed E-state index contributed by atoms with van der Waals surface area (Å²) in [6.07, 6.45) is 10.5. The third-order valence-electron chi connectivity index (χ3n) is 7.65. The Kier molecular flexibility index (Phi) is 7.67. The fourth-order valence-electron chi connectivity index (χ4n) is 5.67. The number of carboxylic acids is 1. The van der Waals surface area contributed by atoms with Gasteiger partial charge in [0.2, 0.25) is 0 Å². The molecule has 1 saturated carbocycles. The molecule has 39 heavy (non-hydrogen) atoms. The largest absolute Gasteiger partial charge is 0.489 e. The van der Waals surface area contributed by atoms with Gasteiger partial charge in [0, 0.05) is 21.5 Å². The molecular formula is C32H31ClN2O3S. The van der Waals surface area contributed by atoms with E-state index >= 15 is 0 Å². The van der Waals surface area contributed by atoms with Crippen molar-refractivity contribution in [3.63, 3.8) is 0 Å². The third kappa shape index (κ3) is 5.59. The molecule has 1 fully saturated rings. The lowest BCUT2D eigenvalue weighted by molar-refractivity contribution is 0.0697. The zero-order chi connectivity index (χ0) is 26.8. The number of ether oxygens (including phenoxy) is 1. The normalized spacial score (nSPS) is 16.3. The van der Waals surface area contributed by atoms with Gasteiger partial charge >= 0.3 is 5.97 Å². The summed E-state index contributed by atoms with van der Waals surface area (Å²) in [6.45, 7) is 0.436. The summed E-state index contributed by atoms with van der Waals surface area (Å²) < 4.78 is 8.55. The van der Waals surface area contributed by atoms with Crippen LogP contribution in [0.25, 0.3) is 27.3 Å². The first-order valence-corrected chi connectivity index (χ1v) is 15.0. The number of imidazole rings is 1. The highest BCUT2D eigenvalue weighted by atomic mass is 35.5. The number of rotatable bonds is 7. The van der Waals surface area contributed by atoms with Crippen LogP contribution in [0.2, 0.25) is 5.02 Å². The molecule has 6 rings (SSSR count). The lowest BCUT2D eigenvalue weighted by Crippen LogP contribution is -2.14. The van der Waals surface area contributed by atoms with Crippen LogP contribution in [-0.2, 0) is 6.61 Å². The van der Waals surface area contributed by atoms with Gasteiger partial charge in [-0.2, -0.15) is 0 Å². The Morgan fingerprint density at radius 3 is 2.59 bits per heavy atom. The Hall–Kier alpha value is -3.22. The van der Waals surface area contributed by atoms with Gasteiger partial charge in [0.1, 0.15) is 18.2 Å². The fraction of sp³-hybridized carbons (Fsp3) is 0.312. The van der Waals surface area contributed by atoms with Gasteiger partial charge in [-0.3, -0.25) is 0 Å². The molecule has 0 spiro atoms. The molecule has 2 heterocycles. The van der Waals surface area contributed by atoms with E-state index in [1.807, 2.05) is 54.2 Å². The molecule has 1 aliphatic carbocycles.